The summed E-state index contributed by atoms with van der Waals surface area (Å²) in [6.45, 7) is 4.97. The molecule has 1 aliphatic heterocycles. The molecule has 0 amide bonds. The summed E-state index contributed by atoms with van der Waals surface area (Å²) >= 11 is 0. The molecule has 1 fully saturated rings. The van der Waals surface area contributed by atoms with E-state index in [2.05, 4.69) is 37.0 Å². The van der Waals surface area contributed by atoms with Crippen LogP contribution in [0.1, 0.15) is 17.5 Å². The van der Waals surface area contributed by atoms with Crippen LogP contribution < -0.4 is 9.64 Å². The van der Waals surface area contributed by atoms with Crippen LogP contribution in [0, 0.1) is 11.3 Å². The molecule has 0 spiro atoms. The number of nitrogens with one attached hydrogen (secondary N) is 1. The molecule has 0 unspecified atom stereocenters. The summed E-state index contributed by atoms with van der Waals surface area (Å²) in [5.41, 5.74) is 3.10. The van der Waals surface area contributed by atoms with Crippen LogP contribution in [-0.2, 0) is 6.42 Å². The first-order valence-electron chi connectivity index (χ1n) is 9.60. The predicted molar refractivity (Wildman–Crippen MR) is 109 cm³/mol. The fourth-order valence-electron chi connectivity index (χ4n) is 3.82. The van der Waals surface area contributed by atoms with Crippen molar-refractivity contribution in [3.8, 4) is 11.8 Å². The molecule has 0 bridgehead atoms. The minimum Gasteiger partial charge on any atom is -0.491 e. The van der Waals surface area contributed by atoms with Crippen LogP contribution in [0.2, 0.25) is 0 Å². The lowest BCUT2D eigenvalue weighted by molar-refractivity contribution is 0.253. The van der Waals surface area contributed by atoms with Gasteiger partial charge in [-0.2, -0.15) is 5.26 Å². The number of ether oxygens (including phenoxy) is 1. The summed E-state index contributed by atoms with van der Waals surface area (Å²) in [7, 11) is 1.66. The summed E-state index contributed by atoms with van der Waals surface area (Å²) in [5.74, 6) is 1.61. The monoisotopic (exact) mass is 376 g/mol. The number of H-pyrrole nitrogens is 1. The highest BCUT2D eigenvalue weighted by Crippen LogP contribution is 2.25. The Morgan fingerprint density at radius 1 is 1.25 bits per heavy atom. The first kappa shape index (κ1) is 18.3. The van der Waals surface area contributed by atoms with Crippen LogP contribution in [0.15, 0.2) is 36.9 Å². The lowest BCUT2D eigenvalue weighted by atomic mass is 10.1. The molecule has 1 N–H and O–H groups in total. The zero-order valence-electron chi connectivity index (χ0n) is 16.1. The van der Waals surface area contributed by atoms with Crippen LogP contribution in [0.4, 0.5) is 5.82 Å². The minimum atomic E-state index is 0.713. The summed E-state index contributed by atoms with van der Waals surface area (Å²) < 4.78 is 5.38. The van der Waals surface area contributed by atoms with Crippen LogP contribution in [0.3, 0.4) is 0 Å². The topological polar surface area (TPSA) is 81.1 Å². The highest BCUT2D eigenvalue weighted by molar-refractivity contribution is 5.84. The minimum absolute atomic E-state index is 0.713. The Labute approximate surface area is 164 Å². The van der Waals surface area contributed by atoms with E-state index in [0.29, 0.717) is 5.56 Å². The SMILES string of the molecule is COc1cncnc1N1CCN(CCCc2c[nH]c3ccc(C#N)cc23)CC1. The van der Waals surface area contributed by atoms with Gasteiger partial charge in [0.2, 0.25) is 0 Å². The second kappa shape index (κ2) is 8.28. The molecule has 0 atom stereocenters. The van der Waals surface area contributed by atoms with Crippen molar-refractivity contribution in [3.05, 3.63) is 48.0 Å². The average molecular weight is 376 g/mol. The first-order valence-corrected chi connectivity index (χ1v) is 9.60. The van der Waals surface area contributed by atoms with Crippen LogP contribution in [-0.4, -0.2) is 59.7 Å². The number of piperazine rings is 1. The van der Waals surface area contributed by atoms with Crippen molar-refractivity contribution in [2.75, 3.05) is 44.7 Å². The summed E-state index contributed by atoms with van der Waals surface area (Å²) in [4.78, 5) is 16.5. The molecule has 3 heterocycles. The molecule has 1 aromatic carbocycles. The van der Waals surface area contributed by atoms with Crippen molar-refractivity contribution in [1.82, 2.24) is 19.9 Å². The number of nitriles is 1. The third-order valence-electron chi connectivity index (χ3n) is 5.37. The molecule has 4 rings (SSSR count). The highest BCUT2D eigenvalue weighted by atomic mass is 16.5. The second-order valence-corrected chi connectivity index (χ2v) is 7.03. The van der Waals surface area contributed by atoms with E-state index in [-0.39, 0.29) is 0 Å². The predicted octanol–water partition coefficient (Wildman–Crippen LogP) is 2.59. The molecule has 0 saturated carbocycles. The van der Waals surface area contributed by atoms with Gasteiger partial charge in [0.05, 0.1) is 24.9 Å². The maximum Gasteiger partial charge on any atom is 0.179 e. The van der Waals surface area contributed by atoms with Gasteiger partial charge in [-0.05, 0) is 43.1 Å². The van der Waals surface area contributed by atoms with Crippen molar-refractivity contribution in [3.63, 3.8) is 0 Å². The van der Waals surface area contributed by atoms with E-state index in [1.165, 1.54) is 10.9 Å². The maximum absolute atomic E-state index is 9.12. The van der Waals surface area contributed by atoms with Crippen LogP contribution in [0.5, 0.6) is 5.75 Å². The summed E-state index contributed by atoms with van der Waals surface area (Å²) in [6, 6.07) is 8.05. The van der Waals surface area contributed by atoms with Gasteiger partial charge in [-0.25, -0.2) is 9.97 Å². The molecule has 7 nitrogen and oxygen atoms in total. The molecule has 1 saturated heterocycles. The van der Waals surface area contributed by atoms with Gasteiger partial charge in [-0.15, -0.1) is 0 Å². The van der Waals surface area contributed by atoms with Gasteiger partial charge in [0, 0.05) is 43.3 Å². The number of aryl methyl sites for hydroxylation is 1. The third-order valence-corrected chi connectivity index (χ3v) is 5.37. The van der Waals surface area contributed by atoms with Gasteiger partial charge in [-0.3, -0.25) is 4.90 Å². The molecule has 144 valence electrons. The molecular weight excluding hydrogens is 352 g/mol. The van der Waals surface area contributed by atoms with E-state index >= 15 is 0 Å². The molecule has 0 aliphatic carbocycles. The molecule has 7 heteroatoms. The number of nitrogens with zero attached hydrogens (tertiary/aromatic N) is 5. The normalized spacial score (nSPS) is 14.9. The van der Waals surface area contributed by atoms with Crippen molar-refractivity contribution < 1.29 is 4.74 Å². The fraction of sp³-hybridized carbons (Fsp3) is 0.381. The summed E-state index contributed by atoms with van der Waals surface area (Å²) in [5, 5.41) is 10.3. The van der Waals surface area contributed by atoms with E-state index < -0.39 is 0 Å². The third kappa shape index (κ3) is 3.78. The van der Waals surface area contributed by atoms with E-state index in [0.717, 1.165) is 62.6 Å². The van der Waals surface area contributed by atoms with E-state index in [1.807, 2.05) is 18.2 Å². The lowest BCUT2D eigenvalue weighted by Gasteiger charge is -2.35. The van der Waals surface area contributed by atoms with Gasteiger partial charge in [-0.1, -0.05) is 0 Å². The Balaban J connectivity index is 1.30. The van der Waals surface area contributed by atoms with Gasteiger partial charge in [0.15, 0.2) is 11.6 Å². The molecule has 3 aromatic rings. The van der Waals surface area contributed by atoms with Gasteiger partial charge in [0.1, 0.15) is 6.33 Å². The number of methoxy groups -OCH3 is 1. The molecule has 2 aromatic heterocycles. The number of hydrogen-bond donors (Lipinski definition) is 1. The molecule has 28 heavy (non-hydrogen) atoms. The Bertz CT molecular complexity index is 984. The number of rotatable bonds is 6. The van der Waals surface area contributed by atoms with Gasteiger partial charge >= 0.3 is 0 Å². The van der Waals surface area contributed by atoms with E-state index in [9.17, 15) is 0 Å². The Morgan fingerprint density at radius 2 is 2.11 bits per heavy atom. The number of hydrogen-bond acceptors (Lipinski definition) is 6. The first-order chi connectivity index (χ1) is 13.8. The molecule has 1 aliphatic rings. The molecule has 0 radical (unpaired) electrons. The average Bonchev–Trinajstić information content (AvgIpc) is 3.16. The summed E-state index contributed by atoms with van der Waals surface area (Å²) in [6.07, 6.45) is 7.47. The Morgan fingerprint density at radius 3 is 2.89 bits per heavy atom. The highest BCUT2D eigenvalue weighted by Gasteiger charge is 2.20. The second-order valence-electron chi connectivity index (χ2n) is 7.03. The smallest absolute Gasteiger partial charge is 0.179 e. The van der Waals surface area contributed by atoms with E-state index in [1.54, 1.807) is 19.6 Å². The van der Waals surface area contributed by atoms with Gasteiger partial charge < -0.3 is 14.6 Å². The quantitative estimate of drug-likeness (QED) is 0.712. The van der Waals surface area contributed by atoms with Crippen LogP contribution >= 0.6 is 0 Å². The molecular formula is C21H24N6O. The lowest BCUT2D eigenvalue weighted by Crippen LogP contribution is -2.47. The van der Waals surface area contributed by atoms with Crippen LogP contribution in [0.25, 0.3) is 10.9 Å². The number of anilines is 1. The Kier molecular flexibility index (Phi) is 5.40. The largest absolute Gasteiger partial charge is 0.491 e. The number of aromatic nitrogens is 3. The zero-order chi connectivity index (χ0) is 19.3. The van der Waals surface area contributed by atoms with Crippen molar-refractivity contribution in [2.45, 2.75) is 12.8 Å². The zero-order valence-corrected chi connectivity index (χ0v) is 16.1. The van der Waals surface area contributed by atoms with E-state index in [4.69, 9.17) is 10.00 Å². The van der Waals surface area contributed by atoms with Crippen molar-refractivity contribution in [2.24, 2.45) is 0 Å². The van der Waals surface area contributed by atoms with Gasteiger partial charge in [0.25, 0.3) is 0 Å². The number of fused-ring (bicyclic) bond motifs is 1. The van der Waals surface area contributed by atoms with Crippen molar-refractivity contribution >= 4 is 16.7 Å². The van der Waals surface area contributed by atoms with Crippen molar-refractivity contribution in [1.29, 1.82) is 5.26 Å². The standard InChI is InChI=1S/C21H24N6O/c1-28-20-14-23-15-25-21(20)27-9-7-26(8-10-27)6-2-3-17-13-24-19-5-4-16(12-22)11-18(17)19/h4-5,11,13-15,24H,2-3,6-10H2,1H3. The Hall–Kier alpha value is -3.11. The number of benzene rings is 1. The fourth-order valence-corrected chi connectivity index (χ4v) is 3.82. The number of aromatic amines is 1. The maximum atomic E-state index is 9.12.